The maximum atomic E-state index is 13.5. The number of methoxy groups -OCH3 is 1. The van der Waals surface area contributed by atoms with Crippen LogP contribution in [-0.4, -0.2) is 37.2 Å². The number of hydrogen-bond donors (Lipinski definition) is 0. The van der Waals surface area contributed by atoms with Crippen LogP contribution in [0.15, 0.2) is 11.5 Å². The molecule has 0 heterocycles. The van der Waals surface area contributed by atoms with Gasteiger partial charge >= 0.3 is 12.1 Å². The van der Waals surface area contributed by atoms with E-state index in [9.17, 15) is 22.4 Å². The molecule has 0 saturated carbocycles. The van der Waals surface area contributed by atoms with Gasteiger partial charge in [0, 0.05) is 13.1 Å². The SMILES string of the molecule is CCN(CC)/C(F)=C(\C(=O)OC)C(F)(F)F. The summed E-state index contributed by atoms with van der Waals surface area (Å²) in [6.45, 7) is 3.01. The summed E-state index contributed by atoms with van der Waals surface area (Å²) in [6.07, 6.45) is -5.07. The number of carbonyl (C=O) groups excluding carboxylic acids is 1. The van der Waals surface area contributed by atoms with Crippen molar-refractivity contribution in [3.05, 3.63) is 11.5 Å². The van der Waals surface area contributed by atoms with Gasteiger partial charge in [0.15, 0.2) is 5.57 Å². The van der Waals surface area contributed by atoms with Crippen molar-refractivity contribution in [3.8, 4) is 0 Å². The van der Waals surface area contributed by atoms with Crippen LogP contribution in [0.1, 0.15) is 13.8 Å². The van der Waals surface area contributed by atoms with Crippen LogP contribution in [0.25, 0.3) is 0 Å². The van der Waals surface area contributed by atoms with Crippen LogP contribution in [0.2, 0.25) is 0 Å². The first kappa shape index (κ1) is 14.7. The van der Waals surface area contributed by atoms with Crippen molar-refractivity contribution >= 4 is 5.97 Å². The zero-order valence-electron chi connectivity index (χ0n) is 9.19. The highest BCUT2D eigenvalue weighted by atomic mass is 19.4. The Labute approximate surface area is 90.7 Å². The highest BCUT2D eigenvalue weighted by Crippen LogP contribution is 2.31. The second kappa shape index (κ2) is 5.72. The minimum Gasteiger partial charge on any atom is -0.465 e. The molecule has 16 heavy (non-hydrogen) atoms. The number of ether oxygens (including phenoxy) is 1. The predicted molar refractivity (Wildman–Crippen MR) is 49.1 cm³/mol. The van der Waals surface area contributed by atoms with Gasteiger partial charge < -0.3 is 9.64 Å². The number of esters is 1. The maximum absolute atomic E-state index is 13.5. The lowest BCUT2D eigenvalue weighted by Crippen LogP contribution is -2.29. The highest BCUT2D eigenvalue weighted by Gasteiger charge is 2.44. The molecular formula is C9H13F4NO2. The zero-order valence-corrected chi connectivity index (χ0v) is 9.19. The Balaban J connectivity index is 5.45. The number of hydrogen-bond acceptors (Lipinski definition) is 3. The molecule has 0 aliphatic rings. The molecule has 0 rings (SSSR count). The molecule has 0 aliphatic heterocycles. The first-order chi connectivity index (χ1) is 7.29. The summed E-state index contributed by atoms with van der Waals surface area (Å²) in [5.41, 5.74) is -1.90. The number of nitrogens with zero attached hydrogens (tertiary/aromatic N) is 1. The van der Waals surface area contributed by atoms with E-state index in [0.717, 1.165) is 12.0 Å². The smallest absolute Gasteiger partial charge is 0.427 e. The molecule has 0 spiro atoms. The second-order valence-electron chi connectivity index (χ2n) is 2.83. The summed E-state index contributed by atoms with van der Waals surface area (Å²) in [6, 6.07) is 0. The van der Waals surface area contributed by atoms with Gasteiger partial charge in [-0.05, 0) is 13.8 Å². The van der Waals surface area contributed by atoms with E-state index < -0.39 is 23.7 Å². The lowest BCUT2D eigenvalue weighted by molar-refractivity contribution is -0.149. The Bertz CT molecular complexity index is 282. The average Bonchev–Trinajstić information content (AvgIpc) is 2.17. The van der Waals surface area contributed by atoms with Gasteiger partial charge in [-0.3, -0.25) is 0 Å². The van der Waals surface area contributed by atoms with Crippen molar-refractivity contribution in [1.82, 2.24) is 4.90 Å². The van der Waals surface area contributed by atoms with E-state index in [2.05, 4.69) is 4.74 Å². The Morgan fingerprint density at radius 3 is 1.94 bits per heavy atom. The monoisotopic (exact) mass is 243 g/mol. The Morgan fingerprint density at radius 2 is 1.69 bits per heavy atom. The molecule has 0 N–H and O–H groups in total. The third-order valence-electron chi connectivity index (χ3n) is 1.92. The Morgan fingerprint density at radius 1 is 1.25 bits per heavy atom. The first-order valence-corrected chi connectivity index (χ1v) is 4.59. The number of halogens is 4. The Hall–Kier alpha value is -1.27. The molecule has 0 fully saturated rings. The fraction of sp³-hybridized carbons (Fsp3) is 0.667. The second-order valence-corrected chi connectivity index (χ2v) is 2.83. The molecule has 0 bridgehead atoms. The number of carbonyl (C=O) groups is 1. The van der Waals surface area contributed by atoms with E-state index in [-0.39, 0.29) is 13.1 Å². The van der Waals surface area contributed by atoms with Crippen LogP contribution in [0, 0.1) is 0 Å². The molecule has 0 atom stereocenters. The molecule has 0 aromatic rings. The van der Waals surface area contributed by atoms with E-state index in [4.69, 9.17) is 0 Å². The molecule has 94 valence electrons. The van der Waals surface area contributed by atoms with Gasteiger partial charge in [0.2, 0.25) is 5.95 Å². The van der Waals surface area contributed by atoms with Crippen molar-refractivity contribution in [2.24, 2.45) is 0 Å². The third-order valence-corrected chi connectivity index (χ3v) is 1.92. The van der Waals surface area contributed by atoms with Crippen molar-refractivity contribution < 1.29 is 27.1 Å². The van der Waals surface area contributed by atoms with Gasteiger partial charge in [0.1, 0.15) is 0 Å². The summed E-state index contributed by atoms with van der Waals surface area (Å²) >= 11 is 0. The number of alkyl halides is 3. The minimum atomic E-state index is -5.07. The largest absolute Gasteiger partial charge is 0.465 e. The first-order valence-electron chi connectivity index (χ1n) is 4.59. The minimum absolute atomic E-state index is 0.0267. The van der Waals surface area contributed by atoms with Gasteiger partial charge in [-0.2, -0.15) is 17.6 Å². The normalized spacial score (nSPS) is 13.2. The van der Waals surface area contributed by atoms with Crippen LogP contribution in [0.4, 0.5) is 17.6 Å². The number of rotatable bonds is 4. The fourth-order valence-electron chi connectivity index (χ4n) is 1.08. The van der Waals surface area contributed by atoms with Crippen LogP contribution < -0.4 is 0 Å². The fourth-order valence-corrected chi connectivity index (χ4v) is 1.08. The van der Waals surface area contributed by atoms with E-state index in [0.29, 0.717) is 0 Å². The summed E-state index contributed by atoms with van der Waals surface area (Å²) in [4.78, 5) is 11.7. The summed E-state index contributed by atoms with van der Waals surface area (Å²) in [5.74, 6) is -3.33. The lowest BCUT2D eigenvalue weighted by atomic mass is 10.2. The van der Waals surface area contributed by atoms with E-state index >= 15 is 0 Å². The average molecular weight is 243 g/mol. The quantitative estimate of drug-likeness (QED) is 0.328. The van der Waals surface area contributed by atoms with Crippen LogP contribution in [0.5, 0.6) is 0 Å². The van der Waals surface area contributed by atoms with Crippen LogP contribution >= 0.6 is 0 Å². The standard InChI is InChI=1S/C9H13F4NO2/c1-4-14(5-2)7(10)6(8(15)16-3)9(11,12)13/h4-5H2,1-3H3/b7-6+. The van der Waals surface area contributed by atoms with Gasteiger partial charge in [-0.15, -0.1) is 0 Å². The van der Waals surface area contributed by atoms with E-state index in [1.54, 1.807) is 0 Å². The van der Waals surface area contributed by atoms with Crippen molar-refractivity contribution in [1.29, 1.82) is 0 Å². The van der Waals surface area contributed by atoms with Crippen molar-refractivity contribution in [3.63, 3.8) is 0 Å². The summed E-state index contributed by atoms with van der Waals surface area (Å²) in [5, 5.41) is 0. The molecule has 0 amide bonds. The molecule has 0 aromatic carbocycles. The predicted octanol–water partition coefficient (Wildman–Crippen LogP) is 2.24. The summed E-state index contributed by atoms with van der Waals surface area (Å²) in [7, 11) is 0.767. The van der Waals surface area contributed by atoms with Crippen molar-refractivity contribution in [2.75, 3.05) is 20.2 Å². The molecule has 7 heteroatoms. The molecule has 0 unspecified atom stereocenters. The molecule has 0 aliphatic carbocycles. The van der Waals surface area contributed by atoms with Gasteiger partial charge in [0.25, 0.3) is 0 Å². The maximum Gasteiger partial charge on any atom is 0.427 e. The zero-order chi connectivity index (χ0) is 12.9. The van der Waals surface area contributed by atoms with Crippen LogP contribution in [0.3, 0.4) is 0 Å². The van der Waals surface area contributed by atoms with Gasteiger partial charge in [-0.1, -0.05) is 0 Å². The molecular weight excluding hydrogens is 230 g/mol. The highest BCUT2D eigenvalue weighted by molar-refractivity contribution is 5.90. The summed E-state index contributed by atoms with van der Waals surface area (Å²) < 4.78 is 54.6. The molecule has 0 saturated heterocycles. The topological polar surface area (TPSA) is 29.5 Å². The lowest BCUT2D eigenvalue weighted by Gasteiger charge is -2.21. The molecule has 0 aromatic heterocycles. The molecule has 3 nitrogen and oxygen atoms in total. The molecule has 0 radical (unpaired) electrons. The van der Waals surface area contributed by atoms with Crippen molar-refractivity contribution in [2.45, 2.75) is 20.0 Å². The van der Waals surface area contributed by atoms with E-state index in [1.165, 1.54) is 13.8 Å². The Kier molecular flexibility index (Phi) is 5.26. The van der Waals surface area contributed by atoms with E-state index in [1.807, 2.05) is 0 Å². The van der Waals surface area contributed by atoms with Crippen LogP contribution in [-0.2, 0) is 9.53 Å². The van der Waals surface area contributed by atoms with Gasteiger partial charge in [-0.25, -0.2) is 4.79 Å². The third kappa shape index (κ3) is 3.39. The van der Waals surface area contributed by atoms with Gasteiger partial charge in [0.05, 0.1) is 7.11 Å².